The lowest BCUT2D eigenvalue weighted by molar-refractivity contribution is -0.696. The number of hydrogen-bond donors (Lipinski definition) is 0. The molecular formula is C18H29N2+. The Labute approximate surface area is 124 Å². The van der Waals surface area contributed by atoms with E-state index in [-0.39, 0.29) is 0 Å². The van der Waals surface area contributed by atoms with Gasteiger partial charge in [0.25, 0.3) is 0 Å². The molecule has 2 rings (SSSR count). The molecule has 2 heterocycles. The van der Waals surface area contributed by atoms with Crippen molar-refractivity contribution in [3.63, 3.8) is 0 Å². The molecule has 2 heteroatoms. The maximum absolute atomic E-state index is 2.48. The fourth-order valence-corrected chi connectivity index (χ4v) is 2.99. The van der Waals surface area contributed by atoms with Gasteiger partial charge in [-0.15, -0.1) is 0 Å². The van der Waals surface area contributed by atoms with E-state index in [1.54, 1.807) is 0 Å². The highest BCUT2D eigenvalue weighted by atomic mass is 15.1. The largest absolute Gasteiger partial charge is 0.299 e. The summed E-state index contributed by atoms with van der Waals surface area (Å²) in [5.74, 6) is 0. The van der Waals surface area contributed by atoms with E-state index in [1.807, 2.05) is 0 Å². The molecular weight excluding hydrogens is 244 g/mol. The summed E-state index contributed by atoms with van der Waals surface area (Å²) in [5, 5.41) is 0. The first-order valence-corrected chi connectivity index (χ1v) is 8.15. The van der Waals surface area contributed by atoms with Crippen molar-refractivity contribution in [2.24, 2.45) is 0 Å². The van der Waals surface area contributed by atoms with E-state index in [0.717, 1.165) is 13.0 Å². The van der Waals surface area contributed by atoms with Crippen LogP contribution >= 0.6 is 0 Å². The summed E-state index contributed by atoms with van der Waals surface area (Å²) >= 11 is 0. The number of pyridine rings is 1. The van der Waals surface area contributed by atoms with Crippen LogP contribution in [0.25, 0.3) is 0 Å². The Morgan fingerprint density at radius 1 is 1.35 bits per heavy atom. The summed E-state index contributed by atoms with van der Waals surface area (Å²) in [7, 11) is 2.24. The van der Waals surface area contributed by atoms with Crippen LogP contribution in [0.3, 0.4) is 0 Å². The number of unbranched alkanes of at least 4 members (excludes halogenated alkanes) is 2. The Morgan fingerprint density at radius 3 is 2.95 bits per heavy atom. The number of rotatable bonds is 7. The van der Waals surface area contributed by atoms with Gasteiger partial charge in [-0.2, -0.15) is 0 Å². The summed E-state index contributed by atoms with van der Waals surface area (Å²) in [6.07, 6.45) is 16.8. The molecule has 1 aromatic heterocycles. The molecule has 1 atom stereocenters. The first-order chi connectivity index (χ1) is 9.81. The zero-order valence-corrected chi connectivity index (χ0v) is 13.1. The molecule has 20 heavy (non-hydrogen) atoms. The quantitative estimate of drug-likeness (QED) is 0.415. The molecule has 0 unspecified atom stereocenters. The van der Waals surface area contributed by atoms with E-state index in [1.165, 1.54) is 44.2 Å². The van der Waals surface area contributed by atoms with Gasteiger partial charge in [-0.25, -0.2) is 4.57 Å². The minimum absolute atomic E-state index is 0.627. The Bertz CT molecular complexity index is 425. The van der Waals surface area contributed by atoms with Gasteiger partial charge in [0.05, 0.1) is 0 Å². The van der Waals surface area contributed by atoms with Crippen LogP contribution in [-0.4, -0.2) is 18.5 Å². The molecule has 0 amide bonds. The van der Waals surface area contributed by atoms with Gasteiger partial charge in [-0.3, -0.25) is 4.90 Å². The maximum Gasteiger partial charge on any atom is 0.173 e. The third-order valence-electron chi connectivity index (χ3n) is 4.23. The number of aryl methyl sites for hydroxylation is 1. The molecule has 0 radical (unpaired) electrons. The minimum atomic E-state index is 0.627. The Hall–Kier alpha value is -1.15. The highest BCUT2D eigenvalue weighted by Crippen LogP contribution is 2.29. The van der Waals surface area contributed by atoms with Crippen LogP contribution in [-0.2, 0) is 6.54 Å². The fourth-order valence-electron chi connectivity index (χ4n) is 2.99. The molecule has 2 nitrogen and oxygen atoms in total. The number of aromatic nitrogens is 1. The molecule has 1 saturated heterocycles. The van der Waals surface area contributed by atoms with Crippen molar-refractivity contribution in [1.29, 1.82) is 0 Å². The normalized spacial score (nSPS) is 20.0. The second-order valence-electron chi connectivity index (χ2n) is 5.92. The van der Waals surface area contributed by atoms with E-state index in [9.17, 15) is 0 Å². The lowest BCUT2D eigenvalue weighted by Gasteiger charge is -2.18. The van der Waals surface area contributed by atoms with Crippen LogP contribution in [0.5, 0.6) is 0 Å². The summed E-state index contributed by atoms with van der Waals surface area (Å²) in [5.41, 5.74) is 1.47. The zero-order valence-electron chi connectivity index (χ0n) is 13.1. The molecule has 0 aliphatic carbocycles. The topological polar surface area (TPSA) is 7.12 Å². The Morgan fingerprint density at radius 2 is 2.20 bits per heavy atom. The predicted octanol–water partition coefficient (Wildman–Crippen LogP) is 3.88. The second-order valence-corrected chi connectivity index (χ2v) is 5.92. The van der Waals surface area contributed by atoms with Crippen molar-refractivity contribution in [2.75, 3.05) is 13.6 Å². The number of nitrogens with zero attached hydrogens (tertiary/aromatic N) is 2. The van der Waals surface area contributed by atoms with Crippen LogP contribution in [0.1, 0.15) is 57.1 Å². The SMILES string of the molecule is CCCC/C=C\CC[n+]1cccc([C@@H]2CCCN2C)c1. The van der Waals surface area contributed by atoms with Gasteiger partial charge >= 0.3 is 0 Å². The van der Waals surface area contributed by atoms with Gasteiger partial charge in [0.2, 0.25) is 0 Å². The van der Waals surface area contributed by atoms with Crippen molar-refractivity contribution >= 4 is 0 Å². The monoisotopic (exact) mass is 273 g/mol. The summed E-state index contributed by atoms with van der Waals surface area (Å²) in [6.45, 7) is 4.57. The van der Waals surface area contributed by atoms with Gasteiger partial charge in [0, 0.05) is 24.1 Å². The number of likely N-dealkylation sites (tertiary alicyclic amines) is 1. The first-order valence-electron chi connectivity index (χ1n) is 8.15. The van der Waals surface area contributed by atoms with Crippen LogP contribution in [0.15, 0.2) is 36.7 Å². The van der Waals surface area contributed by atoms with Gasteiger partial charge in [-0.1, -0.05) is 31.9 Å². The summed E-state index contributed by atoms with van der Waals surface area (Å²) < 4.78 is 2.34. The smallest absolute Gasteiger partial charge is 0.173 e. The average Bonchev–Trinajstić information content (AvgIpc) is 2.89. The third-order valence-corrected chi connectivity index (χ3v) is 4.23. The third kappa shape index (κ3) is 4.45. The predicted molar refractivity (Wildman–Crippen MR) is 84.5 cm³/mol. The lowest BCUT2D eigenvalue weighted by Crippen LogP contribution is -2.34. The average molecular weight is 273 g/mol. The van der Waals surface area contributed by atoms with Crippen LogP contribution in [0.4, 0.5) is 0 Å². The fraction of sp³-hybridized carbons (Fsp3) is 0.611. The summed E-state index contributed by atoms with van der Waals surface area (Å²) in [4.78, 5) is 2.48. The number of allylic oxidation sites excluding steroid dienone is 2. The van der Waals surface area contributed by atoms with Crippen molar-refractivity contribution in [2.45, 2.75) is 58.0 Å². The summed E-state index contributed by atoms with van der Waals surface area (Å²) in [6, 6.07) is 5.10. The molecule has 0 spiro atoms. The Balaban J connectivity index is 1.85. The first kappa shape index (κ1) is 15.2. The zero-order chi connectivity index (χ0) is 14.2. The van der Waals surface area contributed by atoms with Gasteiger partial charge in [0.15, 0.2) is 18.9 Å². The van der Waals surface area contributed by atoms with Crippen LogP contribution < -0.4 is 4.57 Å². The van der Waals surface area contributed by atoms with E-state index in [2.05, 4.69) is 60.1 Å². The standard InChI is InChI=1S/C18H29N2/c1-3-4-5-6-7-8-14-20-15-9-11-17(16-20)18-12-10-13-19(18)2/h6-7,9,11,15-16,18H,3-5,8,10,12-14H2,1-2H3/q+1/b7-6-/t18-/m0/s1. The van der Waals surface area contributed by atoms with Crippen molar-refractivity contribution in [3.05, 3.63) is 42.2 Å². The Kier molecular flexibility index (Phi) is 6.25. The van der Waals surface area contributed by atoms with Crippen molar-refractivity contribution in [1.82, 2.24) is 4.90 Å². The molecule has 110 valence electrons. The molecule has 0 saturated carbocycles. The second kappa shape index (κ2) is 8.21. The molecule has 1 fully saturated rings. The van der Waals surface area contributed by atoms with Gasteiger partial charge < -0.3 is 0 Å². The molecule has 1 aromatic rings. The van der Waals surface area contributed by atoms with Crippen LogP contribution in [0.2, 0.25) is 0 Å². The minimum Gasteiger partial charge on any atom is -0.299 e. The molecule has 0 N–H and O–H groups in total. The highest BCUT2D eigenvalue weighted by molar-refractivity contribution is 5.12. The van der Waals surface area contributed by atoms with E-state index >= 15 is 0 Å². The van der Waals surface area contributed by atoms with Crippen molar-refractivity contribution < 1.29 is 4.57 Å². The van der Waals surface area contributed by atoms with Crippen LogP contribution in [0, 0.1) is 0 Å². The lowest BCUT2D eigenvalue weighted by atomic mass is 10.1. The van der Waals surface area contributed by atoms with Gasteiger partial charge in [-0.05, 0) is 38.9 Å². The molecule has 0 bridgehead atoms. The molecule has 1 aliphatic rings. The van der Waals surface area contributed by atoms with Crippen molar-refractivity contribution in [3.8, 4) is 0 Å². The van der Waals surface area contributed by atoms with E-state index in [4.69, 9.17) is 0 Å². The van der Waals surface area contributed by atoms with E-state index in [0.29, 0.717) is 6.04 Å². The maximum atomic E-state index is 2.48. The van der Waals surface area contributed by atoms with Gasteiger partial charge in [0.1, 0.15) is 0 Å². The molecule has 0 aromatic carbocycles. The molecule has 1 aliphatic heterocycles. The van der Waals surface area contributed by atoms with E-state index < -0.39 is 0 Å². The number of hydrogen-bond acceptors (Lipinski definition) is 1. The highest BCUT2D eigenvalue weighted by Gasteiger charge is 2.24.